The maximum atomic E-state index is 9.57. The Morgan fingerprint density at radius 2 is 1.88 bits per heavy atom. The van der Waals surface area contributed by atoms with Gasteiger partial charge in [-0.25, -0.2) is 4.68 Å². The first-order chi connectivity index (χ1) is 8.06. The lowest BCUT2D eigenvalue weighted by atomic mass is 10.1. The van der Waals surface area contributed by atoms with Crippen molar-refractivity contribution in [2.45, 2.75) is 19.4 Å². The van der Waals surface area contributed by atoms with Gasteiger partial charge >= 0.3 is 0 Å². The van der Waals surface area contributed by atoms with Gasteiger partial charge in [-0.2, -0.15) is 5.10 Å². The molecule has 17 heavy (non-hydrogen) atoms. The average Bonchev–Trinajstić information content (AvgIpc) is 2.75. The molecule has 3 heteroatoms. The Kier molecular flexibility index (Phi) is 2.99. The van der Waals surface area contributed by atoms with Crippen molar-refractivity contribution in [3.63, 3.8) is 0 Å². The molecular weight excluding hydrogens is 212 g/mol. The Bertz CT molecular complexity index is 553. The molecule has 0 unspecified atom stereocenters. The van der Waals surface area contributed by atoms with Crippen molar-refractivity contribution in [2.75, 3.05) is 0 Å². The molecule has 0 bridgehead atoms. The van der Waals surface area contributed by atoms with Gasteiger partial charge in [0.25, 0.3) is 0 Å². The SMILES string of the molecule is CC(C)(O)C#Cc1ccnn1-c1ccccc1. The van der Waals surface area contributed by atoms with Crippen molar-refractivity contribution in [2.24, 2.45) is 0 Å². The topological polar surface area (TPSA) is 38.1 Å². The quantitative estimate of drug-likeness (QED) is 0.755. The van der Waals surface area contributed by atoms with E-state index >= 15 is 0 Å². The lowest BCUT2D eigenvalue weighted by molar-refractivity contribution is 0.143. The molecule has 0 spiro atoms. The van der Waals surface area contributed by atoms with Gasteiger partial charge in [-0.3, -0.25) is 0 Å². The summed E-state index contributed by atoms with van der Waals surface area (Å²) in [6, 6.07) is 11.6. The summed E-state index contributed by atoms with van der Waals surface area (Å²) in [6.45, 7) is 3.31. The van der Waals surface area contributed by atoms with Crippen molar-refractivity contribution >= 4 is 0 Å². The van der Waals surface area contributed by atoms with Crippen LogP contribution in [0, 0.1) is 11.8 Å². The molecular formula is C14H14N2O. The first-order valence-corrected chi connectivity index (χ1v) is 5.41. The van der Waals surface area contributed by atoms with E-state index in [0.717, 1.165) is 11.4 Å². The van der Waals surface area contributed by atoms with Crippen LogP contribution in [-0.2, 0) is 0 Å². The zero-order chi connectivity index (χ0) is 12.3. The highest BCUT2D eigenvalue weighted by atomic mass is 16.3. The molecule has 1 aromatic heterocycles. The summed E-state index contributed by atoms with van der Waals surface area (Å²) in [5.41, 5.74) is 0.724. The number of nitrogens with zero attached hydrogens (tertiary/aromatic N) is 2. The largest absolute Gasteiger partial charge is 0.378 e. The fourth-order valence-corrected chi connectivity index (χ4v) is 1.39. The van der Waals surface area contributed by atoms with Crippen LogP contribution in [0.4, 0.5) is 0 Å². The normalized spacial score (nSPS) is 10.8. The molecule has 0 amide bonds. The first kappa shape index (κ1) is 11.4. The van der Waals surface area contributed by atoms with Crippen LogP contribution in [0.2, 0.25) is 0 Å². The summed E-state index contributed by atoms with van der Waals surface area (Å²) < 4.78 is 1.75. The van der Waals surface area contributed by atoms with E-state index in [1.54, 1.807) is 24.7 Å². The second-order valence-corrected chi connectivity index (χ2v) is 4.27. The standard InChI is InChI=1S/C14H14N2O/c1-14(2,17)10-8-13-9-11-15-16(13)12-6-4-3-5-7-12/h3-7,9,11,17H,1-2H3. The molecule has 1 N–H and O–H groups in total. The minimum Gasteiger partial charge on any atom is -0.378 e. The van der Waals surface area contributed by atoms with Crippen LogP contribution < -0.4 is 0 Å². The fourth-order valence-electron chi connectivity index (χ4n) is 1.39. The van der Waals surface area contributed by atoms with Crippen molar-refractivity contribution < 1.29 is 5.11 Å². The summed E-state index contributed by atoms with van der Waals surface area (Å²) in [6.07, 6.45) is 1.70. The third kappa shape index (κ3) is 2.96. The number of benzene rings is 1. The predicted octanol–water partition coefficient (Wildman–Crippen LogP) is 1.99. The van der Waals surface area contributed by atoms with E-state index in [9.17, 15) is 5.11 Å². The highest BCUT2D eigenvalue weighted by Crippen LogP contribution is 2.09. The number of rotatable bonds is 1. The monoisotopic (exact) mass is 226 g/mol. The summed E-state index contributed by atoms with van der Waals surface area (Å²) in [5.74, 6) is 5.71. The maximum absolute atomic E-state index is 9.57. The van der Waals surface area contributed by atoms with Crippen LogP contribution in [0.1, 0.15) is 19.5 Å². The molecule has 86 valence electrons. The Labute approximate surface area is 101 Å². The van der Waals surface area contributed by atoms with E-state index in [1.165, 1.54) is 0 Å². The van der Waals surface area contributed by atoms with Crippen LogP contribution in [0.15, 0.2) is 42.6 Å². The third-order valence-corrected chi connectivity index (χ3v) is 2.14. The molecule has 1 aromatic carbocycles. The Morgan fingerprint density at radius 3 is 2.53 bits per heavy atom. The predicted molar refractivity (Wildman–Crippen MR) is 66.7 cm³/mol. The van der Waals surface area contributed by atoms with Gasteiger partial charge < -0.3 is 5.11 Å². The Morgan fingerprint density at radius 1 is 1.18 bits per heavy atom. The molecule has 0 radical (unpaired) electrons. The van der Waals surface area contributed by atoms with Crippen molar-refractivity contribution in [1.29, 1.82) is 0 Å². The van der Waals surface area contributed by atoms with Crippen LogP contribution >= 0.6 is 0 Å². The number of aromatic nitrogens is 2. The van der Waals surface area contributed by atoms with Crippen molar-refractivity contribution in [1.82, 2.24) is 9.78 Å². The lowest BCUT2D eigenvalue weighted by Crippen LogP contribution is -2.14. The molecule has 0 aliphatic heterocycles. The number of para-hydroxylation sites is 1. The Balaban J connectivity index is 2.39. The minimum atomic E-state index is -0.994. The third-order valence-electron chi connectivity index (χ3n) is 2.14. The molecule has 0 aliphatic carbocycles. The highest BCUT2D eigenvalue weighted by molar-refractivity contribution is 5.39. The van der Waals surface area contributed by atoms with Crippen LogP contribution in [0.25, 0.3) is 5.69 Å². The highest BCUT2D eigenvalue weighted by Gasteiger charge is 2.07. The van der Waals surface area contributed by atoms with E-state index in [-0.39, 0.29) is 0 Å². The summed E-state index contributed by atoms with van der Waals surface area (Å²) in [5, 5.41) is 13.8. The second-order valence-electron chi connectivity index (χ2n) is 4.27. The second kappa shape index (κ2) is 4.44. The molecule has 2 rings (SSSR count). The van der Waals surface area contributed by atoms with E-state index in [1.807, 2.05) is 36.4 Å². The van der Waals surface area contributed by atoms with E-state index in [0.29, 0.717) is 0 Å². The van der Waals surface area contributed by atoms with E-state index in [4.69, 9.17) is 0 Å². The van der Waals surface area contributed by atoms with E-state index < -0.39 is 5.60 Å². The summed E-state index contributed by atoms with van der Waals surface area (Å²) in [7, 11) is 0. The summed E-state index contributed by atoms with van der Waals surface area (Å²) >= 11 is 0. The van der Waals surface area contributed by atoms with Gasteiger partial charge in [-0.15, -0.1) is 0 Å². The average molecular weight is 226 g/mol. The first-order valence-electron chi connectivity index (χ1n) is 5.41. The smallest absolute Gasteiger partial charge is 0.120 e. The molecule has 0 saturated carbocycles. The van der Waals surface area contributed by atoms with E-state index in [2.05, 4.69) is 16.9 Å². The number of hydrogen-bond donors (Lipinski definition) is 1. The molecule has 3 nitrogen and oxygen atoms in total. The molecule has 1 heterocycles. The lowest BCUT2D eigenvalue weighted by Gasteiger charge is -2.06. The van der Waals surface area contributed by atoms with Crippen molar-refractivity contribution in [3.8, 4) is 17.5 Å². The molecule has 2 aromatic rings. The molecule has 0 fully saturated rings. The van der Waals surface area contributed by atoms with Crippen LogP contribution in [-0.4, -0.2) is 20.5 Å². The van der Waals surface area contributed by atoms with Gasteiger partial charge in [-0.05, 0) is 38.0 Å². The maximum Gasteiger partial charge on any atom is 0.120 e. The van der Waals surface area contributed by atoms with Gasteiger partial charge in [0, 0.05) is 0 Å². The zero-order valence-electron chi connectivity index (χ0n) is 9.88. The van der Waals surface area contributed by atoms with Crippen molar-refractivity contribution in [3.05, 3.63) is 48.3 Å². The van der Waals surface area contributed by atoms with Crippen LogP contribution in [0.3, 0.4) is 0 Å². The van der Waals surface area contributed by atoms with Gasteiger partial charge in [0.1, 0.15) is 11.3 Å². The van der Waals surface area contributed by atoms with Gasteiger partial charge in [0.2, 0.25) is 0 Å². The Hall–Kier alpha value is -2.05. The number of aliphatic hydroxyl groups is 1. The van der Waals surface area contributed by atoms with Gasteiger partial charge in [0.15, 0.2) is 0 Å². The summed E-state index contributed by atoms with van der Waals surface area (Å²) in [4.78, 5) is 0. The minimum absolute atomic E-state index is 0.762. The zero-order valence-corrected chi connectivity index (χ0v) is 9.88. The van der Waals surface area contributed by atoms with Gasteiger partial charge in [0.05, 0.1) is 11.9 Å². The molecule has 0 aliphatic rings. The van der Waals surface area contributed by atoms with Crippen LogP contribution in [0.5, 0.6) is 0 Å². The molecule has 0 atom stereocenters. The van der Waals surface area contributed by atoms with Gasteiger partial charge in [-0.1, -0.05) is 24.1 Å². The molecule has 0 saturated heterocycles. The fraction of sp³-hybridized carbons (Fsp3) is 0.214. The number of hydrogen-bond acceptors (Lipinski definition) is 2.